The zero-order valence-corrected chi connectivity index (χ0v) is 17.0. The number of anilines is 2. The molecule has 0 atom stereocenters. The number of pyridine rings is 1. The van der Waals surface area contributed by atoms with Gasteiger partial charge in [0.25, 0.3) is 11.8 Å². The number of hydrogen-bond donors (Lipinski definition) is 2. The van der Waals surface area contributed by atoms with Gasteiger partial charge in [0, 0.05) is 49.0 Å². The molecule has 0 bridgehead atoms. The van der Waals surface area contributed by atoms with E-state index < -0.39 is 11.7 Å². The zero-order valence-electron chi connectivity index (χ0n) is 17.0. The fraction of sp³-hybridized carbons (Fsp3) is 0.208. The summed E-state index contributed by atoms with van der Waals surface area (Å²) < 4.78 is 13.4. The van der Waals surface area contributed by atoms with Crippen molar-refractivity contribution in [3.63, 3.8) is 0 Å². The minimum absolute atomic E-state index is 0.214. The monoisotopic (exact) mass is 418 g/mol. The first kappa shape index (κ1) is 20.5. The van der Waals surface area contributed by atoms with Crippen LogP contribution in [0.4, 0.5) is 15.8 Å². The Bertz CT molecular complexity index is 1080. The molecule has 1 fully saturated rings. The molecule has 2 heterocycles. The molecule has 7 heteroatoms. The van der Waals surface area contributed by atoms with Crippen LogP contribution in [0.5, 0.6) is 0 Å². The molecule has 3 aromatic rings. The van der Waals surface area contributed by atoms with Crippen LogP contribution in [0, 0.1) is 5.82 Å². The lowest BCUT2D eigenvalue weighted by Crippen LogP contribution is -2.27. The molecule has 6 nitrogen and oxygen atoms in total. The van der Waals surface area contributed by atoms with E-state index in [0.29, 0.717) is 17.8 Å². The Morgan fingerprint density at radius 1 is 1.00 bits per heavy atom. The van der Waals surface area contributed by atoms with Gasteiger partial charge in [-0.1, -0.05) is 12.1 Å². The summed E-state index contributed by atoms with van der Waals surface area (Å²) in [5.41, 5.74) is 2.91. The maximum atomic E-state index is 13.4. The van der Waals surface area contributed by atoms with Crippen molar-refractivity contribution in [1.29, 1.82) is 0 Å². The second-order valence-electron chi connectivity index (χ2n) is 7.43. The van der Waals surface area contributed by atoms with Crippen molar-refractivity contribution < 1.29 is 14.0 Å². The van der Waals surface area contributed by atoms with Gasteiger partial charge in [0.15, 0.2) is 0 Å². The van der Waals surface area contributed by atoms with Crippen molar-refractivity contribution in [3.05, 3.63) is 89.5 Å². The van der Waals surface area contributed by atoms with Gasteiger partial charge in [-0.2, -0.15) is 0 Å². The van der Waals surface area contributed by atoms with Crippen molar-refractivity contribution in [2.75, 3.05) is 23.3 Å². The molecule has 158 valence electrons. The number of aromatic nitrogens is 1. The van der Waals surface area contributed by atoms with E-state index in [1.165, 1.54) is 18.2 Å². The Balaban J connectivity index is 1.56. The average molecular weight is 418 g/mol. The van der Waals surface area contributed by atoms with E-state index in [1.807, 2.05) is 18.2 Å². The van der Waals surface area contributed by atoms with Crippen LogP contribution in [0.2, 0.25) is 0 Å². The highest BCUT2D eigenvalue weighted by molar-refractivity contribution is 6.06. The maximum absolute atomic E-state index is 13.4. The molecule has 1 saturated heterocycles. The van der Waals surface area contributed by atoms with Crippen LogP contribution in [-0.2, 0) is 6.54 Å². The number of amides is 2. The van der Waals surface area contributed by atoms with E-state index in [1.54, 1.807) is 30.6 Å². The van der Waals surface area contributed by atoms with Gasteiger partial charge in [-0.15, -0.1) is 0 Å². The summed E-state index contributed by atoms with van der Waals surface area (Å²) in [6.07, 6.45) is 5.54. The van der Waals surface area contributed by atoms with E-state index in [2.05, 4.69) is 20.5 Å². The number of carbonyl (C=O) groups excluding carboxylic acids is 2. The highest BCUT2D eigenvalue weighted by atomic mass is 19.1. The fourth-order valence-electron chi connectivity index (χ4n) is 3.64. The van der Waals surface area contributed by atoms with Crippen LogP contribution in [0.1, 0.15) is 39.1 Å². The van der Waals surface area contributed by atoms with Crippen molar-refractivity contribution in [2.24, 2.45) is 0 Å². The summed E-state index contributed by atoms with van der Waals surface area (Å²) >= 11 is 0. The molecule has 2 amide bonds. The number of halogens is 1. The molecule has 0 aliphatic carbocycles. The van der Waals surface area contributed by atoms with E-state index in [0.717, 1.165) is 37.2 Å². The van der Waals surface area contributed by atoms with Gasteiger partial charge in [0.1, 0.15) is 5.82 Å². The van der Waals surface area contributed by atoms with Gasteiger partial charge >= 0.3 is 0 Å². The topological polar surface area (TPSA) is 74.3 Å². The molecule has 0 radical (unpaired) electrons. The third kappa shape index (κ3) is 5.06. The molecule has 2 N–H and O–H groups in total. The Morgan fingerprint density at radius 3 is 2.58 bits per heavy atom. The van der Waals surface area contributed by atoms with Crippen LogP contribution >= 0.6 is 0 Å². The van der Waals surface area contributed by atoms with Crippen molar-refractivity contribution in [1.82, 2.24) is 10.3 Å². The van der Waals surface area contributed by atoms with Gasteiger partial charge in [0.05, 0.1) is 5.56 Å². The first-order chi connectivity index (χ1) is 15.1. The van der Waals surface area contributed by atoms with Crippen LogP contribution in [0.15, 0.2) is 67.0 Å². The molecule has 0 spiro atoms. The molecule has 1 aliphatic rings. The molecule has 4 rings (SSSR count). The third-order valence-corrected chi connectivity index (χ3v) is 5.21. The summed E-state index contributed by atoms with van der Waals surface area (Å²) in [6.45, 7) is 2.13. The van der Waals surface area contributed by atoms with Crippen LogP contribution in [-0.4, -0.2) is 29.9 Å². The van der Waals surface area contributed by atoms with Gasteiger partial charge in [-0.25, -0.2) is 4.39 Å². The van der Waals surface area contributed by atoms with Gasteiger partial charge < -0.3 is 15.5 Å². The highest BCUT2D eigenvalue weighted by Crippen LogP contribution is 2.28. The van der Waals surface area contributed by atoms with E-state index in [4.69, 9.17) is 0 Å². The summed E-state index contributed by atoms with van der Waals surface area (Å²) in [7, 11) is 0. The summed E-state index contributed by atoms with van der Waals surface area (Å²) in [5.74, 6) is -1.14. The van der Waals surface area contributed by atoms with Crippen molar-refractivity contribution >= 4 is 23.2 Å². The molecule has 0 unspecified atom stereocenters. The molecular formula is C24H23FN4O2. The summed E-state index contributed by atoms with van der Waals surface area (Å²) in [6, 6.07) is 14.5. The number of hydrogen-bond acceptors (Lipinski definition) is 4. The highest BCUT2D eigenvalue weighted by Gasteiger charge is 2.20. The van der Waals surface area contributed by atoms with E-state index in [-0.39, 0.29) is 11.5 Å². The predicted molar refractivity (Wildman–Crippen MR) is 118 cm³/mol. The quantitative estimate of drug-likeness (QED) is 0.635. The number of benzene rings is 2. The molecule has 2 aromatic carbocycles. The van der Waals surface area contributed by atoms with Crippen molar-refractivity contribution in [2.45, 2.75) is 19.4 Å². The van der Waals surface area contributed by atoms with Crippen molar-refractivity contribution in [3.8, 4) is 0 Å². The Morgan fingerprint density at radius 2 is 1.84 bits per heavy atom. The Labute approximate surface area is 180 Å². The largest absolute Gasteiger partial charge is 0.371 e. The van der Waals surface area contributed by atoms with Gasteiger partial charge in [-0.3, -0.25) is 14.6 Å². The van der Waals surface area contributed by atoms with Gasteiger partial charge in [-0.05, 0) is 60.9 Å². The second kappa shape index (κ2) is 9.38. The average Bonchev–Trinajstić information content (AvgIpc) is 3.33. The predicted octanol–water partition coefficient (Wildman–Crippen LogP) is 4.00. The van der Waals surface area contributed by atoms with Gasteiger partial charge in [0.2, 0.25) is 0 Å². The number of nitrogens with one attached hydrogen (secondary N) is 2. The van der Waals surface area contributed by atoms with E-state index in [9.17, 15) is 14.0 Å². The number of carbonyl (C=O) groups is 2. The van der Waals surface area contributed by atoms with Crippen LogP contribution in [0.3, 0.4) is 0 Å². The minimum atomic E-state index is -0.479. The molecule has 31 heavy (non-hydrogen) atoms. The van der Waals surface area contributed by atoms with E-state index >= 15 is 0 Å². The Kier molecular flexibility index (Phi) is 6.21. The second-order valence-corrected chi connectivity index (χ2v) is 7.43. The maximum Gasteiger partial charge on any atom is 0.255 e. The van der Waals surface area contributed by atoms with Crippen LogP contribution in [0.25, 0.3) is 0 Å². The third-order valence-electron chi connectivity index (χ3n) is 5.21. The fourth-order valence-corrected chi connectivity index (χ4v) is 3.64. The lowest BCUT2D eigenvalue weighted by Gasteiger charge is -2.22. The SMILES string of the molecule is O=C(Nc1ccc(N2CCCC2)c(C(=O)NCc2cccnc2)c1)c1cccc(F)c1. The number of nitrogens with zero attached hydrogens (tertiary/aromatic N) is 2. The summed E-state index contributed by atoms with van der Waals surface area (Å²) in [5, 5.41) is 5.69. The summed E-state index contributed by atoms with van der Waals surface area (Å²) in [4.78, 5) is 31.8. The lowest BCUT2D eigenvalue weighted by molar-refractivity contribution is 0.0950. The first-order valence-corrected chi connectivity index (χ1v) is 10.2. The molecule has 1 aliphatic heterocycles. The first-order valence-electron chi connectivity index (χ1n) is 10.2. The Hall–Kier alpha value is -3.74. The normalized spacial score (nSPS) is 13.1. The van der Waals surface area contributed by atoms with Crippen LogP contribution < -0.4 is 15.5 Å². The standard InChI is InChI=1S/C24H23FN4O2/c25-19-7-3-6-18(13-19)23(30)28-20-8-9-22(29-11-1-2-12-29)21(14-20)24(31)27-16-17-5-4-10-26-15-17/h3-10,13-15H,1-2,11-12,16H2,(H,27,31)(H,28,30). The molecule has 1 aromatic heterocycles. The minimum Gasteiger partial charge on any atom is -0.371 e. The smallest absolute Gasteiger partial charge is 0.255 e. The molecule has 0 saturated carbocycles. The number of rotatable bonds is 6. The lowest BCUT2D eigenvalue weighted by atomic mass is 10.1. The molecular weight excluding hydrogens is 395 g/mol. The zero-order chi connectivity index (χ0) is 21.6.